The monoisotopic (exact) mass is 315 g/mol. The minimum absolute atomic E-state index is 0.0592. The molecule has 0 heterocycles. The molecule has 0 saturated heterocycles. The Morgan fingerprint density at radius 3 is 2.14 bits per heavy atom. The van der Waals surface area contributed by atoms with Gasteiger partial charge in [-0.3, -0.25) is 4.79 Å². The Bertz CT molecular complexity index is 536. The summed E-state index contributed by atoms with van der Waals surface area (Å²) in [6.45, 7) is 1.39. The topological polar surface area (TPSA) is 52.3 Å². The van der Waals surface area contributed by atoms with E-state index in [1.54, 1.807) is 0 Å². The van der Waals surface area contributed by atoms with Crippen LogP contribution in [0.15, 0.2) is 12.1 Å². The maximum atomic E-state index is 12.9. The Morgan fingerprint density at radius 1 is 1.14 bits per heavy atom. The van der Waals surface area contributed by atoms with E-state index in [9.17, 15) is 31.1 Å². The summed E-state index contributed by atoms with van der Waals surface area (Å²) in [5.41, 5.74) is -0.351. The zero-order chi connectivity index (χ0) is 16.4. The molecule has 0 aromatic heterocycles. The number of anilines is 1. The van der Waals surface area contributed by atoms with Crippen molar-refractivity contribution in [3.63, 3.8) is 0 Å². The van der Waals surface area contributed by atoms with E-state index in [0.717, 1.165) is 0 Å². The highest BCUT2D eigenvalue weighted by Crippen LogP contribution is 2.43. The van der Waals surface area contributed by atoms with E-state index >= 15 is 0 Å². The molecule has 0 aliphatic heterocycles. The summed E-state index contributed by atoms with van der Waals surface area (Å²) in [6, 6.07) is 0.998. The number of esters is 1. The summed E-state index contributed by atoms with van der Waals surface area (Å²) in [6.07, 6.45) is -11.0. The number of ether oxygens (including phenoxy) is 1. The number of nitrogen functional groups attached to an aromatic ring is 1. The van der Waals surface area contributed by atoms with Crippen molar-refractivity contribution >= 4 is 11.7 Å². The van der Waals surface area contributed by atoms with Gasteiger partial charge in [-0.25, -0.2) is 0 Å². The fourth-order valence-electron chi connectivity index (χ4n) is 1.76. The standard InChI is InChI=1S/C12H11F6NO2/c1-2-21-8(20)5-6-3-4-7(11(13,14)15)10(19)9(6)12(16,17)18/h3-4H,2,5,19H2,1H3. The van der Waals surface area contributed by atoms with E-state index in [-0.39, 0.29) is 6.61 Å². The van der Waals surface area contributed by atoms with Gasteiger partial charge in [0, 0.05) is 0 Å². The predicted molar refractivity (Wildman–Crippen MR) is 61.2 cm³/mol. The maximum absolute atomic E-state index is 12.9. The van der Waals surface area contributed by atoms with Crippen LogP contribution >= 0.6 is 0 Å². The quantitative estimate of drug-likeness (QED) is 0.528. The Balaban J connectivity index is 3.40. The highest BCUT2D eigenvalue weighted by atomic mass is 19.4. The minimum atomic E-state index is -5.12. The highest BCUT2D eigenvalue weighted by Gasteiger charge is 2.42. The predicted octanol–water partition coefficient (Wildman–Crippen LogP) is 3.41. The second-order valence-electron chi connectivity index (χ2n) is 4.04. The maximum Gasteiger partial charge on any atom is 0.418 e. The van der Waals surface area contributed by atoms with E-state index < -0.39 is 47.1 Å². The summed E-state index contributed by atoms with van der Waals surface area (Å²) >= 11 is 0. The summed E-state index contributed by atoms with van der Waals surface area (Å²) in [7, 11) is 0. The lowest BCUT2D eigenvalue weighted by Crippen LogP contribution is -2.20. The first-order chi connectivity index (χ1) is 9.48. The number of nitrogens with two attached hydrogens (primary N) is 1. The molecular weight excluding hydrogens is 304 g/mol. The second kappa shape index (κ2) is 5.82. The van der Waals surface area contributed by atoms with Gasteiger partial charge in [0.25, 0.3) is 0 Å². The normalized spacial score (nSPS) is 12.3. The van der Waals surface area contributed by atoms with Gasteiger partial charge < -0.3 is 10.5 Å². The highest BCUT2D eigenvalue weighted by molar-refractivity contribution is 5.75. The molecule has 0 saturated carbocycles. The van der Waals surface area contributed by atoms with Crippen molar-refractivity contribution in [3.8, 4) is 0 Å². The van der Waals surface area contributed by atoms with Gasteiger partial charge in [0.1, 0.15) is 0 Å². The molecule has 118 valence electrons. The average molecular weight is 315 g/mol. The molecule has 0 radical (unpaired) electrons. The first-order valence-corrected chi connectivity index (χ1v) is 5.69. The number of rotatable bonds is 3. The summed E-state index contributed by atoms with van der Waals surface area (Å²) in [5, 5.41) is 0. The van der Waals surface area contributed by atoms with Crippen LogP contribution in [-0.4, -0.2) is 12.6 Å². The van der Waals surface area contributed by atoms with Crippen molar-refractivity contribution in [2.45, 2.75) is 25.7 Å². The van der Waals surface area contributed by atoms with Gasteiger partial charge in [-0.1, -0.05) is 6.07 Å². The molecule has 1 rings (SSSR count). The Labute approximate surface area is 115 Å². The van der Waals surface area contributed by atoms with E-state index in [4.69, 9.17) is 5.73 Å². The molecule has 0 unspecified atom stereocenters. The van der Waals surface area contributed by atoms with E-state index in [1.165, 1.54) is 6.92 Å². The molecule has 0 aliphatic rings. The largest absolute Gasteiger partial charge is 0.466 e. The lowest BCUT2D eigenvalue weighted by molar-refractivity contribution is -0.143. The third kappa shape index (κ3) is 4.02. The molecule has 21 heavy (non-hydrogen) atoms. The molecule has 0 aliphatic carbocycles. The van der Waals surface area contributed by atoms with Crippen molar-refractivity contribution in [2.24, 2.45) is 0 Å². The molecule has 2 N–H and O–H groups in total. The molecule has 1 aromatic carbocycles. The van der Waals surface area contributed by atoms with Crippen LogP contribution in [0.25, 0.3) is 0 Å². The van der Waals surface area contributed by atoms with E-state index in [1.807, 2.05) is 0 Å². The molecule has 0 atom stereocenters. The Morgan fingerprint density at radius 2 is 1.71 bits per heavy atom. The van der Waals surface area contributed by atoms with Crippen molar-refractivity contribution in [1.29, 1.82) is 0 Å². The summed E-state index contributed by atoms with van der Waals surface area (Å²) < 4.78 is 81.0. The van der Waals surface area contributed by atoms with Gasteiger partial charge in [-0.15, -0.1) is 0 Å². The van der Waals surface area contributed by atoms with Crippen LogP contribution in [0, 0.1) is 0 Å². The molecule has 0 spiro atoms. The van der Waals surface area contributed by atoms with Crippen LogP contribution in [-0.2, 0) is 28.3 Å². The lowest BCUT2D eigenvalue weighted by atomic mass is 9.98. The van der Waals surface area contributed by atoms with Crippen LogP contribution in [0.1, 0.15) is 23.6 Å². The number of carbonyl (C=O) groups excluding carboxylic acids is 1. The number of benzene rings is 1. The Kier molecular flexibility index (Phi) is 4.75. The van der Waals surface area contributed by atoms with Crippen LogP contribution < -0.4 is 5.73 Å². The number of hydrogen-bond donors (Lipinski definition) is 1. The van der Waals surface area contributed by atoms with Gasteiger partial charge in [-0.05, 0) is 18.6 Å². The van der Waals surface area contributed by atoms with Crippen LogP contribution in [0.4, 0.5) is 32.0 Å². The number of carbonyl (C=O) groups is 1. The third-order valence-corrected chi connectivity index (χ3v) is 2.56. The average Bonchev–Trinajstić information content (AvgIpc) is 2.25. The third-order valence-electron chi connectivity index (χ3n) is 2.56. The summed E-state index contributed by atoms with van der Waals surface area (Å²) in [5.74, 6) is -0.984. The van der Waals surface area contributed by atoms with Crippen molar-refractivity contribution in [1.82, 2.24) is 0 Å². The van der Waals surface area contributed by atoms with Crippen molar-refractivity contribution in [2.75, 3.05) is 12.3 Å². The zero-order valence-electron chi connectivity index (χ0n) is 10.7. The molecular formula is C12H11F6NO2. The number of halogens is 6. The van der Waals surface area contributed by atoms with E-state index in [0.29, 0.717) is 12.1 Å². The second-order valence-corrected chi connectivity index (χ2v) is 4.04. The molecule has 1 aromatic rings. The lowest BCUT2D eigenvalue weighted by Gasteiger charge is -2.19. The smallest absolute Gasteiger partial charge is 0.418 e. The van der Waals surface area contributed by atoms with Gasteiger partial charge >= 0.3 is 18.3 Å². The number of alkyl halides is 6. The molecule has 0 fully saturated rings. The van der Waals surface area contributed by atoms with Crippen LogP contribution in [0.3, 0.4) is 0 Å². The molecule has 0 bridgehead atoms. The fraction of sp³-hybridized carbons (Fsp3) is 0.417. The molecule has 3 nitrogen and oxygen atoms in total. The summed E-state index contributed by atoms with van der Waals surface area (Å²) in [4.78, 5) is 11.2. The SMILES string of the molecule is CCOC(=O)Cc1ccc(C(F)(F)F)c(N)c1C(F)(F)F. The Hall–Kier alpha value is -1.93. The van der Waals surface area contributed by atoms with Crippen molar-refractivity contribution in [3.05, 3.63) is 28.8 Å². The molecule has 9 heteroatoms. The van der Waals surface area contributed by atoms with Gasteiger partial charge in [0.2, 0.25) is 0 Å². The minimum Gasteiger partial charge on any atom is -0.466 e. The van der Waals surface area contributed by atoms with Gasteiger partial charge in [-0.2, -0.15) is 26.3 Å². The van der Waals surface area contributed by atoms with Crippen LogP contribution in [0.5, 0.6) is 0 Å². The molecule has 0 amide bonds. The van der Waals surface area contributed by atoms with Gasteiger partial charge in [0.05, 0.1) is 29.8 Å². The first-order valence-electron chi connectivity index (χ1n) is 5.69. The van der Waals surface area contributed by atoms with Crippen molar-refractivity contribution < 1.29 is 35.9 Å². The van der Waals surface area contributed by atoms with E-state index in [2.05, 4.69) is 4.74 Å². The fourth-order valence-corrected chi connectivity index (χ4v) is 1.76. The van der Waals surface area contributed by atoms with Gasteiger partial charge in [0.15, 0.2) is 0 Å². The van der Waals surface area contributed by atoms with Crippen LogP contribution in [0.2, 0.25) is 0 Å². The zero-order valence-corrected chi connectivity index (χ0v) is 10.7. The first kappa shape index (κ1) is 17.1. The number of hydrogen-bond acceptors (Lipinski definition) is 3.